The van der Waals surface area contributed by atoms with E-state index in [1.807, 2.05) is 6.08 Å². The molecule has 1 N–H and O–H groups in total. The van der Waals surface area contributed by atoms with Crippen molar-refractivity contribution in [2.75, 3.05) is 0 Å². The Morgan fingerprint density at radius 1 is 1.31 bits per heavy atom. The summed E-state index contributed by atoms with van der Waals surface area (Å²) in [5.74, 6) is 3.81. The second kappa shape index (κ2) is 7.52. The number of hydrogen-bond acceptors (Lipinski definition) is 1. The van der Waals surface area contributed by atoms with E-state index in [4.69, 9.17) is 6.42 Å². The van der Waals surface area contributed by atoms with E-state index in [-0.39, 0.29) is 0 Å². The summed E-state index contributed by atoms with van der Waals surface area (Å²) in [5.41, 5.74) is -1.09. The van der Waals surface area contributed by atoms with E-state index >= 15 is 0 Å². The van der Waals surface area contributed by atoms with Crippen LogP contribution in [-0.4, -0.2) is 10.7 Å². The summed E-state index contributed by atoms with van der Waals surface area (Å²) < 4.78 is 0. The van der Waals surface area contributed by atoms with Gasteiger partial charge in [0.25, 0.3) is 0 Å². The van der Waals surface area contributed by atoms with Crippen molar-refractivity contribution in [2.24, 2.45) is 11.8 Å². The molecule has 0 saturated heterocycles. The van der Waals surface area contributed by atoms with Crippen LogP contribution < -0.4 is 0 Å². The Balaban J connectivity index is 3.74. The maximum Gasteiger partial charge on any atom is 0.141 e. The number of rotatable bonds is 7. The van der Waals surface area contributed by atoms with Crippen LogP contribution in [0.1, 0.15) is 53.4 Å². The number of aliphatic hydroxyl groups is 1. The molecule has 0 aromatic carbocycles. The lowest BCUT2D eigenvalue weighted by atomic mass is 9.96. The fourth-order valence-electron chi connectivity index (χ4n) is 1.57. The van der Waals surface area contributed by atoms with Crippen LogP contribution in [0.2, 0.25) is 0 Å². The molecule has 2 atom stereocenters. The van der Waals surface area contributed by atoms with Gasteiger partial charge in [0.1, 0.15) is 5.60 Å². The average Bonchev–Trinajstić information content (AvgIpc) is 2.17. The third kappa shape index (κ3) is 8.56. The number of hydrogen-bond donors (Lipinski definition) is 1. The standard InChI is InChI=1S/C15H26O/c1-6-15(5,16)12-8-11-14(4)10-7-9-13(2)3/h1,8,12-14,16H,7,9-11H2,2-5H3. The largest absolute Gasteiger partial charge is 0.374 e. The average molecular weight is 222 g/mol. The van der Waals surface area contributed by atoms with Gasteiger partial charge in [-0.2, -0.15) is 0 Å². The zero-order chi connectivity index (χ0) is 12.6. The Morgan fingerprint density at radius 2 is 1.94 bits per heavy atom. The second-order valence-electron chi connectivity index (χ2n) is 5.36. The minimum atomic E-state index is -1.09. The molecule has 0 aromatic rings. The minimum Gasteiger partial charge on any atom is -0.374 e. The quantitative estimate of drug-likeness (QED) is 0.513. The van der Waals surface area contributed by atoms with Gasteiger partial charge in [0.2, 0.25) is 0 Å². The van der Waals surface area contributed by atoms with E-state index in [0.29, 0.717) is 5.92 Å². The SMILES string of the molecule is C#CC(C)(O)C=CCC(C)CCCC(C)C. The first kappa shape index (κ1) is 15.3. The van der Waals surface area contributed by atoms with Gasteiger partial charge in [0, 0.05) is 0 Å². The van der Waals surface area contributed by atoms with Crippen LogP contribution >= 0.6 is 0 Å². The van der Waals surface area contributed by atoms with E-state index < -0.39 is 5.60 Å². The van der Waals surface area contributed by atoms with E-state index in [1.54, 1.807) is 13.0 Å². The Morgan fingerprint density at radius 3 is 2.44 bits per heavy atom. The molecule has 0 radical (unpaired) electrons. The monoisotopic (exact) mass is 222 g/mol. The number of allylic oxidation sites excluding steroid dienone is 1. The molecule has 0 heterocycles. The summed E-state index contributed by atoms with van der Waals surface area (Å²) in [7, 11) is 0. The summed E-state index contributed by atoms with van der Waals surface area (Å²) in [4.78, 5) is 0. The highest BCUT2D eigenvalue weighted by molar-refractivity contribution is 5.16. The molecular formula is C15H26O. The van der Waals surface area contributed by atoms with Crippen LogP contribution in [0.3, 0.4) is 0 Å². The molecule has 0 amide bonds. The molecule has 0 aliphatic heterocycles. The van der Waals surface area contributed by atoms with Crippen molar-refractivity contribution in [1.29, 1.82) is 0 Å². The first-order valence-corrected chi connectivity index (χ1v) is 6.25. The molecule has 0 saturated carbocycles. The molecule has 1 nitrogen and oxygen atoms in total. The highest BCUT2D eigenvalue weighted by Gasteiger charge is 2.10. The van der Waals surface area contributed by atoms with E-state index in [0.717, 1.165) is 12.3 Å². The predicted octanol–water partition coefficient (Wildman–Crippen LogP) is 3.78. The first-order chi connectivity index (χ1) is 7.37. The Kier molecular flexibility index (Phi) is 7.17. The van der Waals surface area contributed by atoms with Crippen molar-refractivity contribution < 1.29 is 5.11 Å². The molecule has 0 rings (SSSR count). The maximum atomic E-state index is 9.56. The Bertz CT molecular complexity index is 243. The lowest BCUT2D eigenvalue weighted by Crippen LogP contribution is -2.16. The molecule has 92 valence electrons. The van der Waals surface area contributed by atoms with Crippen LogP contribution in [0.4, 0.5) is 0 Å². The highest BCUT2D eigenvalue weighted by atomic mass is 16.3. The van der Waals surface area contributed by atoms with Gasteiger partial charge in [-0.3, -0.25) is 0 Å². The smallest absolute Gasteiger partial charge is 0.141 e. The topological polar surface area (TPSA) is 20.2 Å². The summed E-state index contributed by atoms with van der Waals surface area (Å²) in [6, 6.07) is 0. The van der Waals surface area contributed by atoms with Crippen molar-refractivity contribution >= 4 is 0 Å². The van der Waals surface area contributed by atoms with Crippen LogP contribution in [0.5, 0.6) is 0 Å². The van der Waals surface area contributed by atoms with Gasteiger partial charge in [-0.25, -0.2) is 0 Å². The maximum absolute atomic E-state index is 9.56. The molecule has 16 heavy (non-hydrogen) atoms. The summed E-state index contributed by atoms with van der Waals surface area (Å²) in [5, 5.41) is 9.56. The second-order valence-corrected chi connectivity index (χ2v) is 5.36. The van der Waals surface area contributed by atoms with E-state index in [2.05, 4.69) is 26.7 Å². The van der Waals surface area contributed by atoms with Crippen LogP contribution in [0.15, 0.2) is 12.2 Å². The van der Waals surface area contributed by atoms with Crippen molar-refractivity contribution in [3.05, 3.63) is 12.2 Å². The van der Waals surface area contributed by atoms with Gasteiger partial charge in [-0.05, 0) is 31.3 Å². The van der Waals surface area contributed by atoms with Gasteiger partial charge in [-0.1, -0.05) is 52.0 Å². The molecule has 0 bridgehead atoms. The highest BCUT2D eigenvalue weighted by Crippen LogP contribution is 2.16. The fraction of sp³-hybridized carbons (Fsp3) is 0.733. The van der Waals surface area contributed by atoms with Gasteiger partial charge < -0.3 is 5.11 Å². The van der Waals surface area contributed by atoms with Crippen LogP contribution in [0.25, 0.3) is 0 Å². The fourth-order valence-corrected chi connectivity index (χ4v) is 1.57. The minimum absolute atomic E-state index is 0.670. The lowest BCUT2D eigenvalue weighted by Gasteiger charge is -2.12. The van der Waals surface area contributed by atoms with Gasteiger partial charge in [0.05, 0.1) is 0 Å². The Labute approximate surface area is 101 Å². The zero-order valence-electron chi connectivity index (χ0n) is 11.2. The summed E-state index contributed by atoms with van der Waals surface area (Å²) in [6.07, 6.45) is 13.7. The van der Waals surface area contributed by atoms with Crippen LogP contribution in [-0.2, 0) is 0 Å². The van der Waals surface area contributed by atoms with Gasteiger partial charge >= 0.3 is 0 Å². The predicted molar refractivity (Wildman–Crippen MR) is 71.1 cm³/mol. The van der Waals surface area contributed by atoms with E-state index in [1.165, 1.54) is 19.3 Å². The summed E-state index contributed by atoms with van der Waals surface area (Å²) >= 11 is 0. The number of terminal acetylenes is 1. The molecule has 2 unspecified atom stereocenters. The first-order valence-electron chi connectivity index (χ1n) is 6.25. The molecule has 1 heteroatoms. The Hall–Kier alpha value is -0.740. The molecular weight excluding hydrogens is 196 g/mol. The third-order valence-corrected chi connectivity index (χ3v) is 2.75. The lowest BCUT2D eigenvalue weighted by molar-refractivity contribution is 0.174. The molecule has 0 spiro atoms. The molecule has 0 aromatic heterocycles. The van der Waals surface area contributed by atoms with Gasteiger partial charge in [0.15, 0.2) is 0 Å². The van der Waals surface area contributed by atoms with Crippen molar-refractivity contribution in [1.82, 2.24) is 0 Å². The zero-order valence-corrected chi connectivity index (χ0v) is 11.2. The molecule has 0 fully saturated rings. The molecule has 0 aliphatic rings. The van der Waals surface area contributed by atoms with Crippen molar-refractivity contribution in [2.45, 2.75) is 59.0 Å². The normalized spacial score (nSPS) is 17.3. The van der Waals surface area contributed by atoms with Gasteiger partial charge in [-0.15, -0.1) is 6.42 Å². The van der Waals surface area contributed by atoms with E-state index in [9.17, 15) is 5.11 Å². The van der Waals surface area contributed by atoms with Crippen molar-refractivity contribution in [3.63, 3.8) is 0 Å². The molecule has 0 aliphatic carbocycles. The summed E-state index contributed by atoms with van der Waals surface area (Å²) in [6.45, 7) is 8.39. The third-order valence-electron chi connectivity index (χ3n) is 2.75. The van der Waals surface area contributed by atoms with Crippen molar-refractivity contribution in [3.8, 4) is 12.3 Å². The van der Waals surface area contributed by atoms with Crippen LogP contribution in [0, 0.1) is 24.2 Å².